The number of nitrogens with zero attached hydrogens (tertiary/aromatic N) is 2. The number of rotatable bonds is 5. The first-order chi connectivity index (χ1) is 12.5. The second-order valence-electron chi connectivity index (χ2n) is 5.55. The first kappa shape index (κ1) is 17.7. The van der Waals surface area contributed by atoms with Crippen molar-refractivity contribution in [1.82, 2.24) is 9.55 Å². The predicted octanol–water partition coefficient (Wildman–Crippen LogP) is 3.46. The van der Waals surface area contributed by atoms with E-state index >= 15 is 0 Å². The first-order valence-electron chi connectivity index (χ1n) is 7.85. The van der Waals surface area contributed by atoms with Crippen LogP contribution in [0.1, 0.15) is 22.3 Å². The number of amides is 2. The van der Waals surface area contributed by atoms with Crippen LogP contribution in [0, 0.1) is 6.92 Å². The van der Waals surface area contributed by atoms with Gasteiger partial charge in [-0.05, 0) is 37.3 Å². The zero-order chi connectivity index (χ0) is 18.7. The van der Waals surface area contributed by atoms with Gasteiger partial charge in [0.1, 0.15) is 10.6 Å². The van der Waals surface area contributed by atoms with Crippen molar-refractivity contribution in [3.8, 4) is 10.9 Å². The number of thiazole rings is 1. The van der Waals surface area contributed by atoms with Crippen LogP contribution in [0.3, 0.4) is 0 Å². The third-order valence-electron chi connectivity index (χ3n) is 3.58. The van der Waals surface area contributed by atoms with E-state index < -0.39 is 0 Å². The number of methoxy groups -OCH3 is 1. The van der Waals surface area contributed by atoms with Crippen LogP contribution < -0.4 is 15.4 Å². The van der Waals surface area contributed by atoms with Crippen LogP contribution >= 0.6 is 11.3 Å². The normalized spacial score (nSPS) is 10.4. The lowest BCUT2D eigenvalue weighted by Crippen LogP contribution is -2.13. The Balaban J connectivity index is 1.87. The molecule has 0 saturated heterocycles. The minimum Gasteiger partial charge on any atom is -0.495 e. The van der Waals surface area contributed by atoms with Crippen LogP contribution in [0.2, 0.25) is 0 Å². The van der Waals surface area contributed by atoms with Crippen LogP contribution in [0.25, 0.3) is 5.13 Å². The molecule has 2 amide bonds. The molecule has 8 heteroatoms. The third kappa shape index (κ3) is 3.75. The maximum absolute atomic E-state index is 12.7. The van der Waals surface area contributed by atoms with E-state index in [2.05, 4.69) is 15.6 Å². The summed E-state index contributed by atoms with van der Waals surface area (Å²) in [6.45, 7) is 3.22. The summed E-state index contributed by atoms with van der Waals surface area (Å²) in [4.78, 5) is 28.9. The molecule has 26 heavy (non-hydrogen) atoms. The summed E-state index contributed by atoms with van der Waals surface area (Å²) in [6.07, 6.45) is 3.75. The molecule has 0 aliphatic heterocycles. The molecule has 3 rings (SSSR count). The molecule has 0 aliphatic rings. The Morgan fingerprint density at radius 1 is 1.19 bits per heavy atom. The van der Waals surface area contributed by atoms with Crippen LogP contribution in [-0.2, 0) is 4.79 Å². The summed E-state index contributed by atoms with van der Waals surface area (Å²) < 4.78 is 7.15. The fourth-order valence-corrected chi connectivity index (χ4v) is 3.36. The van der Waals surface area contributed by atoms with Crippen molar-refractivity contribution in [3.63, 3.8) is 0 Å². The molecule has 7 nitrogen and oxygen atoms in total. The van der Waals surface area contributed by atoms with Gasteiger partial charge < -0.3 is 19.9 Å². The molecule has 3 aromatic rings. The molecule has 2 aromatic heterocycles. The monoisotopic (exact) mass is 370 g/mol. The average molecular weight is 370 g/mol. The van der Waals surface area contributed by atoms with Gasteiger partial charge >= 0.3 is 0 Å². The summed E-state index contributed by atoms with van der Waals surface area (Å²) in [5, 5.41) is 6.24. The summed E-state index contributed by atoms with van der Waals surface area (Å²) in [7, 11) is 1.52. The SMILES string of the molecule is COc1ccc(NC(C)=O)cc1NC(=O)c1sc(-n2cccc2)nc1C. The van der Waals surface area contributed by atoms with Crippen molar-refractivity contribution >= 4 is 34.5 Å². The molecule has 0 aliphatic carbocycles. The zero-order valence-electron chi connectivity index (χ0n) is 14.6. The van der Waals surface area contributed by atoms with Gasteiger partial charge in [0.25, 0.3) is 5.91 Å². The van der Waals surface area contributed by atoms with E-state index in [1.165, 1.54) is 25.4 Å². The van der Waals surface area contributed by atoms with Crippen LogP contribution in [0.15, 0.2) is 42.7 Å². The van der Waals surface area contributed by atoms with E-state index in [0.717, 1.165) is 5.13 Å². The van der Waals surface area contributed by atoms with Crippen molar-refractivity contribution in [1.29, 1.82) is 0 Å². The number of carbonyl (C=O) groups excluding carboxylic acids is 2. The fourth-order valence-electron chi connectivity index (χ4n) is 2.43. The van der Waals surface area contributed by atoms with Gasteiger partial charge in [-0.3, -0.25) is 9.59 Å². The second kappa shape index (κ2) is 7.40. The van der Waals surface area contributed by atoms with Gasteiger partial charge in [-0.25, -0.2) is 4.98 Å². The molecule has 1 aromatic carbocycles. The summed E-state index contributed by atoms with van der Waals surface area (Å²) in [5.74, 6) is 0.0269. The van der Waals surface area contributed by atoms with Crippen LogP contribution in [0.4, 0.5) is 11.4 Å². The van der Waals surface area contributed by atoms with Crippen LogP contribution in [-0.4, -0.2) is 28.5 Å². The predicted molar refractivity (Wildman–Crippen MR) is 101 cm³/mol. The highest BCUT2D eigenvalue weighted by Gasteiger charge is 2.18. The Kier molecular flexibility index (Phi) is 5.04. The topological polar surface area (TPSA) is 85.3 Å². The number of aromatic nitrogens is 2. The maximum Gasteiger partial charge on any atom is 0.267 e. The summed E-state index contributed by atoms with van der Waals surface area (Å²) in [5.41, 5.74) is 1.69. The van der Waals surface area contributed by atoms with E-state index in [-0.39, 0.29) is 11.8 Å². The molecule has 0 unspecified atom stereocenters. The number of aryl methyl sites for hydroxylation is 1. The first-order valence-corrected chi connectivity index (χ1v) is 8.67. The van der Waals surface area contributed by atoms with Gasteiger partial charge in [-0.15, -0.1) is 0 Å². The number of hydrogen-bond donors (Lipinski definition) is 2. The minimum absolute atomic E-state index is 0.192. The highest BCUT2D eigenvalue weighted by atomic mass is 32.1. The quantitative estimate of drug-likeness (QED) is 0.720. The van der Waals surface area contributed by atoms with Gasteiger partial charge in [0.15, 0.2) is 5.13 Å². The number of carbonyl (C=O) groups is 2. The van der Waals surface area contributed by atoms with Crippen molar-refractivity contribution in [2.24, 2.45) is 0 Å². The molecule has 2 N–H and O–H groups in total. The molecule has 134 valence electrons. The number of nitrogens with one attached hydrogen (secondary N) is 2. The lowest BCUT2D eigenvalue weighted by Gasteiger charge is -2.12. The van der Waals surface area contributed by atoms with E-state index in [1.54, 1.807) is 25.1 Å². The molecule has 0 spiro atoms. The second-order valence-corrected chi connectivity index (χ2v) is 6.53. The molecular formula is C18H18N4O3S. The van der Waals surface area contributed by atoms with E-state index in [9.17, 15) is 9.59 Å². The molecule has 0 saturated carbocycles. The van der Waals surface area contributed by atoms with Crippen molar-refractivity contribution in [2.45, 2.75) is 13.8 Å². The Bertz CT molecular complexity index is 948. The van der Waals surface area contributed by atoms with Gasteiger partial charge in [-0.2, -0.15) is 0 Å². The molecule has 0 atom stereocenters. The van der Waals surface area contributed by atoms with E-state index in [0.29, 0.717) is 27.7 Å². The Hall–Kier alpha value is -3.13. The minimum atomic E-state index is -0.281. The summed E-state index contributed by atoms with van der Waals surface area (Å²) >= 11 is 1.30. The molecule has 2 heterocycles. The number of anilines is 2. The van der Waals surface area contributed by atoms with Gasteiger partial charge in [0, 0.05) is 25.0 Å². The lowest BCUT2D eigenvalue weighted by atomic mass is 10.2. The summed E-state index contributed by atoms with van der Waals surface area (Å²) in [6, 6.07) is 8.84. The van der Waals surface area contributed by atoms with E-state index in [1.807, 2.05) is 29.1 Å². The highest BCUT2D eigenvalue weighted by molar-refractivity contribution is 7.16. The zero-order valence-corrected chi connectivity index (χ0v) is 15.4. The van der Waals surface area contributed by atoms with Gasteiger partial charge in [0.05, 0.1) is 18.5 Å². The standard InChI is InChI=1S/C18H18N4O3S/c1-11-16(26-18(19-11)22-8-4-5-9-22)17(24)21-14-10-13(20-12(2)23)6-7-15(14)25-3/h4-10H,1-3H3,(H,20,23)(H,21,24). The van der Waals surface area contributed by atoms with Crippen LogP contribution in [0.5, 0.6) is 5.75 Å². The highest BCUT2D eigenvalue weighted by Crippen LogP contribution is 2.30. The van der Waals surface area contributed by atoms with Crippen molar-refractivity contribution < 1.29 is 14.3 Å². The Labute approximate surface area is 154 Å². The molecule has 0 radical (unpaired) electrons. The van der Waals surface area contributed by atoms with E-state index in [4.69, 9.17) is 4.74 Å². The smallest absolute Gasteiger partial charge is 0.267 e. The fraction of sp³-hybridized carbons (Fsp3) is 0.167. The Morgan fingerprint density at radius 3 is 2.58 bits per heavy atom. The van der Waals surface area contributed by atoms with Crippen molar-refractivity contribution in [2.75, 3.05) is 17.7 Å². The average Bonchev–Trinajstić information content (AvgIpc) is 3.24. The van der Waals surface area contributed by atoms with Gasteiger partial charge in [-0.1, -0.05) is 11.3 Å². The Morgan fingerprint density at radius 2 is 1.92 bits per heavy atom. The molecular weight excluding hydrogens is 352 g/mol. The number of benzene rings is 1. The van der Waals surface area contributed by atoms with Crippen molar-refractivity contribution in [3.05, 3.63) is 53.3 Å². The lowest BCUT2D eigenvalue weighted by molar-refractivity contribution is -0.114. The third-order valence-corrected chi connectivity index (χ3v) is 4.75. The number of hydrogen-bond acceptors (Lipinski definition) is 5. The molecule has 0 bridgehead atoms. The maximum atomic E-state index is 12.7. The molecule has 0 fully saturated rings. The largest absolute Gasteiger partial charge is 0.495 e. The number of ether oxygens (including phenoxy) is 1. The van der Waals surface area contributed by atoms with Gasteiger partial charge in [0.2, 0.25) is 5.91 Å².